The Morgan fingerprint density at radius 3 is 2.83 bits per heavy atom. The molecule has 0 unspecified atom stereocenters. The van der Waals surface area contributed by atoms with Gasteiger partial charge in [0.1, 0.15) is 0 Å². The van der Waals surface area contributed by atoms with Crippen molar-refractivity contribution in [2.45, 2.75) is 0 Å². The number of carbonyl (C=O) groups excluding carboxylic acids is 2. The fourth-order valence-electron chi connectivity index (χ4n) is 1.88. The number of thiocarbonyl (C=S) groups is 1. The van der Waals surface area contributed by atoms with Crippen molar-refractivity contribution in [3.05, 3.63) is 61.6 Å². The molecule has 8 heteroatoms. The summed E-state index contributed by atoms with van der Waals surface area (Å²) in [5.41, 5.74) is 3.43. The number of carbonyl (C=O) groups is 2. The highest BCUT2D eigenvalue weighted by molar-refractivity contribution is 9.10. The molecule has 0 atom stereocenters. The van der Waals surface area contributed by atoms with Crippen molar-refractivity contribution in [1.29, 1.82) is 0 Å². The lowest BCUT2D eigenvalue weighted by Crippen LogP contribution is -2.44. The summed E-state index contributed by atoms with van der Waals surface area (Å²) < 4.78 is 1.23. The van der Waals surface area contributed by atoms with Gasteiger partial charge in [0.2, 0.25) is 0 Å². The summed E-state index contributed by atoms with van der Waals surface area (Å²) in [6.45, 7) is 0. The first-order chi connectivity index (χ1) is 11.0. The van der Waals surface area contributed by atoms with E-state index in [2.05, 4.69) is 21.4 Å². The Morgan fingerprint density at radius 2 is 2.13 bits per heavy atom. The summed E-state index contributed by atoms with van der Waals surface area (Å²) in [6.07, 6.45) is 1.75. The number of nitrogens with one attached hydrogen (secondary N) is 1. The molecule has 1 saturated heterocycles. The highest BCUT2D eigenvalue weighted by Gasteiger charge is 2.33. The number of amides is 2. The number of nitrogens with zero attached hydrogens (tertiary/aromatic N) is 1. The molecule has 1 aliphatic rings. The van der Waals surface area contributed by atoms with Gasteiger partial charge in [0.25, 0.3) is 11.8 Å². The molecular weight excluding hydrogens is 416 g/mol. The van der Waals surface area contributed by atoms with Gasteiger partial charge in [-0.05, 0) is 47.4 Å². The van der Waals surface area contributed by atoms with Crippen LogP contribution < -0.4 is 5.43 Å². The summed E-state index contributed by atoms with van der Waals surface area (Å²) >= 11 is 11.0. The molecule has 1 aromatic heterocycles. The van der Waals surface area contributed by atoms with Crippen molar-refractivity contribution in [3.8, 4) is 0 Å². The van der Waals surface area contributed by atoms with Crippen LogP contribution in [0.3, 0.4) is 0 Å². The molecule has 0 saturated carbocycles. The minimum atomic E-state index is -0.347. The van der Waals surface area contributed by atoms with Gasteiger partial charge in [0.15, 0.2) is 4.32 Å². The lowest BCUT2D eigenvalue weighted by atomic mass is 10.2. The molecule has 0 radical (unpaired) electrons. The van der Waals surface area contributed by atoms with Crippen molar-refractivity contribution < 1.29 is 9.59 Å². The molecule has 2 heterocycles. The van der Waals surface area contributed by atoms with Gasteiger partial charge in [0, 0.05) is 4.47 Å². The fourth-order valence-corrected chi connectivity index (χ4v) is 4.09. The molecule has 1 N–H and O–H groups in total. The van der Waals surface area contributed by atoms with Gasteiger partial charge in [-0.1, -0.05) is 45.9 Å². The standard InChI is InChI=1S/C15H9BrN2O2S3/c16-10-4-1-3-9(7-10)8-12-14(20)18(15(21)23-12)17-13(19)11-5-2-6-22-11/h1-8H,(H,17,19). The minimum absolute atomic E-state index is 0.307. The van der Waals surface area contributed by atoms with Crippen LogP contribution in [0.4, 0.5) is 0 Å². The first-order valence-corrected chi connectivity index (χ1v) is 9.32. The van der Waals surface area contributed by atoms with Crippen molar-refractivity contribution >= 4 is 73.5 Å². The zero-order chi connectivity index (χ0) is 16.4. The lowest BCUT2D eigenvalue weighted by Gasteiger charge is -2.14. The second kappa shape index (κ2) is 6.96. The van der Waals surface area contributed by atoms with E-state index in [9.17, 15) is 9.59 Å². The summed E-state index contributed by atoms with van der Waals surface area (Å²) in [7, 11) is 0. The molecule has 2 aromatic rings. The average Bonchev–Trinajstić information content (AvgIpc) is 3.12. The first-order valence-electron chi connectivity index (χ1n) is 6.42. The third-order valence-electron chi connectivity index (χ3n) is 2.90. The van der Waals surface area contributed by atoms with Gasteiger partial charge < -0.3 is 0 Å². The maximum absolute atomic E-state index is 12.4. The number of hydrazine groups is 1. The molecule has 23 heavy (non-hydrogen) atoms. The van der Waals surface area contributed by atoms with Gasteiger partial charge >= 0.3 is 0 Å². The van der Waals surface area contributed by atoms with Crippen LogP contribution in [0.2, 0.25) is 0 Å². The Kier molecular flexibility index (Phi) is 4.96. The Morgan fingerprint density at radius 1 is 1.30 bits per heavy atom. The number of thiophene rings is 1. The van der Waals surface area contributed by atoms with Crippen LogP contribution in [0.1, 0.15) is 15.2 Å². The normalized spacial score (nSPS) is 16.2. The lowest BCUT2D eigenvalue weighted by molar-refractivity contribution is -0.123. The Labute approximate surface area is 154 Å². The summed E-state index contributed by atoms with van der Waals surface area (Å²) in [5.74, 6) is -0.676. The second-order valence-electron chi connectivity index (χ2n) is 4.49. The summed E-state index contributed by atoms with van der Waals surface area (Å²) in [5, 5.41) is 2.91. The van der Waals surface area contributed by atoms with Crippen LogP contribution in [-0.4, -0.2) is 21.1 Å². The fraction of sp³-hybridized carbons (Fsp3) is 0. The van der Waals surface area contributed by atoms with E-state index in [1.807, 2.05) is 24.3 Å². The van der Waals surface area contributed by atoms with E-state index < -0.39 is 0 Å². The highest BCUT2D eigenvalue weighted by atomic mass is 79.9. The number of halogens is 1. The molecule has 116 valence electrons. The molecule has 1 fully saturated rings. The third-order valence-corrected chi connectivity index (χ3v) is 5.56. The number of benzene rings is 1. The van der Waals surface area contributed by atoms with Crippen LogP contribution >= 0.6 is 51.2 Å². The van der Waals surface area contributed by atoms with Crippen molar-refractivity contribution in [1.82, 2.24) is 10.4 Å². The van der Waals surface area contributed by atoms with Crippen LogP contribution in [-0.2, 0) is 4.79 Å². The van der Waals surface area contributed by atoms with Gasteiger partial charge in [-0.2, -0.15) is 5.01 Å². The predicted molar refractivity (Wildman–Crippen MR) is 101 cm³/mol. The predicted octanol–water partition coefficient (Wildman–Crippen LogP) is 4.06. The Balaban J connectivity index is 1.79. The number of rotatable bonds is 3. The van der Waals surface area contributed by atoms with Crippen LogP contribution in [0.5, 0.6) is 0 Å². The molecule has 4 nitrogen and oxygen atoms in total. The Bertz CT molecular complexity index is 818. The van der Waals surface area contributed by atoms with Crippen LogP contribution in [0.15, 0.2) is 51.2 Å². The van der Waals surface area contributed by atoms with Crippen molar-refractivity contribution in [2.75, 3.05) is 0 Å². The maximum Gasteiger partial charge on any atom is 0.285 e. The van der Waals surface area contributed by atoms with E-state index in [0.29, 0.717) is 14.1 Å². The van der Waals surface area contributed by atoms with Gasteiger partial charge in [0.05, 0.1) is 9.78 Å². The zero-order valence-corrected chi connectivity index (χ0v) is 15.5. The van der Waals surface area contributed by atoms with E-state index in [-0.39, 0.29) is 11.8 Å². The first kappa shape index (κ1) is 16.4. The van der Waals surface area contributed by atoms with Crippen molar-refractivity contribution in [2.24, 2.45) is 0 Å². The number of thioether (sulfide) groups is 1. The maximum atomic E-state index is 12.4. The van der Waals surface area contributed by atoms with Crippen LogP contribution in [0.25, 0.3) is 6.08 Å². The van der Waals surface area contributed by atoms with Crippen molar-refractivity contribution in [3.63, 3.8) is 0 Å². The quantitative estimate of drug-likeness (QED) is 0.596. The van der Waals surface area contributed by atoms with Crippen LogP contribution in [0, 0.1) is 0 Å². The smallest absolute Gasteiger partial charge is 0.266 e. The molecule has 1 aromatic carbocycles. The SMILES string of the molecule is O=C(NN1C(=O)C(=Cc2cccc(Br)c2)SC1=S)c1cccs1. The third kappa shape index (κ3) is 3.72. The molecule has 3 rings (SSSR count). The van der Waals surface area contributed by atoms with Gasteiger partial charge in [-0.15, -0.1) is 11.3 Å². The van der Waals surface area contributed by atoms with Gasteiger partial charge in [-0.25, -0.2) is 0 Å². The summed E-state index contributed by atoms with van der Waals surface area (Å²) in [6, 6.07) is 11.0. The van der Waals surface area contributed by atoms with E-state index >= 15 is 0 Å². The molecule has 0 aliphatic carbocycles. The molecule has 0 bridgehead atoms. The molecule has 1 aliphatic heterocycles. The van der Waals surface area contributed by atoms with E-state index in [4.69, 9.17) is 12.2 Å². The molecule has 2 amide bonds. The topological polar surface area (TPSA) is 49.4 Å². The second-order valence-corrected chi connectivity index (χ2v) is 8.03. The number of hydrogen-bond acceptors (Lipinski definition) is 5. The monoisotopic (exact) mass is 424 g/mol. The van der Waals surface area contributed by atoms with E-state index in [1.165, 1.54) is 11.3 Å². The average molecular weight is 425 g/mol. The minimum Gasteiger partial charge on any atom is -0.266 e. The summed E-state index contributed by atoms with van der Waals surface area (Å²) in [4.78, 5) is 25.5. The zero-order valence-electron chi connectivity index (χ0n) is 11.5. The highest BCUT2D eigenvalue weighted by Crippen LogP contribution is 2.31. The van der Waals surface area contributed by atoms with E-state index in [0.717, 1.165) is 26.8 Å². The molecule has 0 spiro atoms. The van der Waals surface area contributed by atoms with Gasteiger partial charge in [-0.3, -0.25) is 15.0 Å². The molecular formula is C15H9BrN2O2S3. The largest absolute Gasteiger partial charge is 0.285 e. The Hall–Kier alpha value is -1.48. The number of hydrogen-bond donors (Lipinski definition) is 1. The van der Waals surface area contributed by atoms with E-state index in [1.54, 1.807) is 23.6 Å².